The van der Waals surface area contributed by atoms with Crippen LogP contribution in [0.2, 0.25) is 0 Å². The quantitative estimate of drug-likeness (QED) is 0.146. The number of rotatable bonds is 6. The van der Waals surface area contributed by atoms with Crippen LogP contribution in [0.25, 0.3) is 0 Å². The van der Waals surface area contributed by atoms with Crippen LogP contribution < -0.4 is 28.3 Å². The Morgan fingerprint density at radius 3 is 2.24 bits per heavy atom. The topological polar surface area (TPSA) is 284 Å². The van der Waals surface area contributed by atoms with E-state index in [1.807, 2.05) is 0 Å². The molecule has 1 aliphatic carbocycles. The Labute approximate surface area is 220 Å². The molecule has 0 amide bonds. The van der Waals surface area contributed by atoms with Gasteiger partial charge in [-0.2, -0.15) is 0 Å². The predicted molar refractivity (Wildman–Crippen MR) is 128 cm³/mol. The van der Waals surface area contributed by atoms with Gasteiger partial charge in [-0.25, -0.2) is 0 Å². The van der Waals surface area contributed by atoms with Crippen LogP contribution in [0, 0.1) is 0 Å². The van der Waals surface area contributed by atoms with Crippen molar-refractivity contribution < 1.29 is 54.3 Å². The van der Waals surface area contributed by atoms with E-state index < -0.39 is 104 Å². The molecule has 0 aromatic carbocycles. The Hall–Kier alpha value is -0.640. The summed E-state index contributed by atoms with van der Waals surface area (Å²) in [5.41, 5.74) is 22.7. The zero-order chi connectivity index (χ0) is 27.9. The summed E-state index contributed by atoms with van der Waals surface area (Å²) in [6.07, 6.45) is -11.5. The summed E-state index contributed by atoms with van der Waals surface area (Å²) >= 11 is 0. The third-order valence-electron chi connectivity index (χ3n) is 8.19. The van der Waals surface area contributed by atoms with E-state index in [0.717, 1.165) is 0 Å². The van der Waals surface area contributed by atoms with E-state index in [-0.39, 0.29) is 13.0 Å². The fourth-order valence-electron chi connectivity index (χ4n) is 5.67. The van der Waals surface area contributed by atoms with Gasteiger partial charge in [-0.3, -0.25) is 0 Å². The van der Waals surface area contributed by atoms with Crippen LogP contribution in [0.3, 0.4) is 0 Å². The van der Waals surface area contributed by atoms with Crippen molar-refractivity contribution in [2.45, 2.75) is 117 Å². The number of nitrogens with two attached hydrogens (primary N) is 4. The van der Waals surface area contributed by atoms with Crippen LogP contribution >= 0.6 is 0 Å². The second-order valence-electron chi connectivity index (χ2n) is 10.8. The minimum Gasteiger partial charge on any atom is -0.394 e. The van der Waals surface area contributed by atoms with Gasteiger partial charge in [0.15, 0.2) is 18.9 Å². The summed E-state index contributed by atoms with van der Waals surface area (Å²) < 4.78 is 29.4. The molecule has 3 aliphatic heterocycles. The Morgan fingerprint density at radius 1 is 0.868 bits per heavy atom. The molecule has 3 heterocycles. The van der Waals surface area contributed by atoms with Crippen LogP contribution in [0.4, 0.5) is 0 Å². The van der Waals surface area contributed by atoms with E-state index in [0.29, 0.717) is 12.8 Å². The van der Waals surface area contributed by atoms with Crippen molar-refractivity contribution in [3.8, 4) is 0 Å². The SMILES string of the molecule is CNC1C(O[C@H]2OC(CO)[C@@H](N)C(O)C2O)OCC2(CCC(N)[C@@H](O[C@@H]3C(N)C[C@@H](N)C(O)C3O)O2)C1O. The second kappa shape index (κ2) is 12.1. The highest BCUT2D eigenvalue weighted by Gasteiger charge is 2.56. The van der Waals surface area contributed by atoms with Crippen molar-refractivity contribution in [1.82, 2.24) is 5.32 Å². The van der Waals surface area contributed by atoms with Gasteiger partial charge in [0.2, 0.25) is 0 Å². The van der Waals surface area contributed by atoms with Crippen molar-refractivity contribution in [3.63, 3.8) is 0 Å². The number of hydrogen-bond donors (Lipinski definition) is 11. The van der Waals surface area contributed by atoms with Gasteiger partial charge >= 0.3 is 0 Å². The summed E-state index contributed by atoms with van der Waals surface area (Å²) in [6.45, 7) is -0.667. The van der Waals surface area contributed by atoms with Gasteiger partial charge in [-0.15, -0.1) is 0 Å². The molecule has 4 aliphatic rings. The van der Waals surface area contributed by atoms with Crippen molar-refractivity contribution >= 4 is 0 Å². The molecule has 0 aromatic heterocycles. The Kier molecular flexibility index (Phi) is 9.63. The molecule has 0 radical (unpaired) electrons. The summed E-state index contributed by atoms with van der Waals surface area (Å²) in [4.78, 5) is 0. The summed E-state index contributed by atoms with van der Waals surface area (Å²) in [5, 5.41) is 65.2. The summed E-state index contributed by atoms with van der Waals surface area (Å²) in [7, 11) is 1.57. The third-order valence-corrected chi connectivity index (χ3v) is 8.19. The summed E-state index contributed by atoms with van der Waals surface area (Å²) in [5.74, 6) is 0. The molecule has 4 rings (SSSR count). The van der Waals surface area contributed by atoms with Crippen molar-refractivity contribution in [1.29, 1.82) is 0 Å². The Balaban J connectivity index is 1.45. The molecule has 3 saturated heterocycles. The minimum atomic E-state index is -1.53. The second-order valence-corrected chi connectivity index (χ2v) is 10.8. The predicted octanol–water partition coefficient (Wildman–Crippen LogP) is -6.56. The lowest BCUT2D eigenvalue weighted by atomic mass is 9.81. The van der Waals surface area contributed by atoms with E-state index in [4.69, 9.17) is 46.6 Å². The lowest BCUT2D eigenvalue weighted by molar-refractivity contribution is -0.373. The van der Waals surface area contributed by atoms with Gasteiger partial charge in [-0.1, -0.05) is 0 Å². The molecule has 16 nitrogen and oxygen atoms in total. The average molecular weight is 554 g/mol. The Morgan fingerprint density at radius 2 is 1.58 bits per heavy atom. The van der Waals surface area contributed by atoms with Crippen molar-refractivity contribution in [3.05, 3.63) is 0 Å². The maximum Gasteiger partial charge on any atom is 0.189 e. The van der Waals surface area contributed by atoms with E-state index >= 15 is 0 Å². The van der Waals surface area contributed by atoms with Crippen molar-refractivity contribution in [2.75, 3.05) is 20.3 Å². The number of aliphatic hydroxyl groups is 6. The molecule has 11 unspecified atom stereocenters. The van der Waals surface area contributed by atoms with Crippen LogP contribution in [0.1, 0.15) is 19.3 Å². The van der Waals surface area contributed by atoms with Gasteiger partial charge in [0.05, 0.1) is 37.4 Å². The molecule has 1 saturated carbocycles. The summed E-state index contributed by atoms with van der Waals surface area (Å²) in [6, 6.07) is -3.92. The average Bonchev–Trinajstić information content (AvgIpc) is 2.89. The number of ether oxygens (including phenoxy) is 5. The molecule has 38 heavy (non-hydrogen) atoms. The molecule has 4 fully saturated rings. The molecular formula is C22H43N5O11. The number of likely N-dealkylation sites (N-methyl/N-ethyl adjacent to an activating group) is 1. The molecule has 15 N–H and O–H groups in total. The minimum absolute atomic E-state index is 0.162. The highest BCUT2D eigenvalue weighted by atomic mass is 16.8. The monoisotopic (exact) mass is 553 g/mol. The van der Waals surface area contributed by atoms with Gasteiger partial charge in [0, 0.05) is 12.1 Å². The van der Waals surface area contributed by atoms with Crippen LogP contribution in [-0.2, 0) is 23.7 Å². The fraction of sp³-hybridized carbons (Fsp3) is 1.00. The van der Waals surface area contributed by atoms with Gasteiger partial charge in [0.25, 0.3) is 0 Å². The maximum atomic E-state index is 11.4. The lowest BCUT2D eigenvalue weighted by Gasteiger charge is -2.53. The number of nitrogens with one attached hydrogen (secondary N) is 1. The van der Waals surface area contributed by atoms with Gasteiger partial charge < -0.3 is 82.6 Å². The molecule has 222 valence electrons. The van der Waals surface area contributed by atoms with Crippen LogP contribution in [-0.4, -0.2) is 148 Å². The molecule has 0 aromatic rings. The van der Waals surface area contributed by atoms with Gasteiger partial charge in [-0.05, 0) is 26.3 Å². The first-order valence-corrected chi connectivity index (χ1v) is 12.9. The zero-order valence-electron chi connectivity index (χ0n) is 21.2. The van der Waals surface area contributed by atoms with E-state index in [1.165, 1.54) is 0 Å². The zero-order valence-corrected chi connectivity index (χ0v) is 21.2. The largest absolute Gasteiger partial charge is 0.394 e. The molecular weight excluding hydrogens is 510 g/mol. The first kappa shape index (κ1) is 30.3. The maximum absolute atomic E-state index is 11.4. The first-order chi connectivity index (χ1) is 17.9. The van der Waals surface area contributed by atoms with E-state index in [1.54, 1.807) is 7.05 Å². The molecule has 0 bridgehead atoms. The molecule has 16 atom stereocenters. The number of hydrogen-bond acceptors (Lipinski definition) is 16. The molecule has 16 heteroatoms. The lowest BCUT2D eigenvalue weighted by Crippen LogP contribution is -2.71. The van der Waals surface area contributed by atoms with Crippen molar-refractivity contribution in [2.24, 2.45) is 22.9 Å². The fourth-order valence-corrected chi connectivity index (χ4v) is 5.67. The third kappa shape index (κ3) is 5.60. The highest BCUT2D eigenvalue weighted by Crippen LogP contribution is 2.39. The molecule has 1 spiro atoms. The number of aliphatic hydroxyl groups excluding tert-OH is 6. The van der Waals surface area contributed by atoms with E-state index in [2.05, 4.69) is 5.32 Å². The highest BCUT2D eigenvalue weighted by molar-refractivity contribution is 5.04. The Bertz CT molecular complexity index is 788. The smallest absolute Gasteiger partial charge is 0.189 e. The van der Waals surface area contributed by atoms with E-state index in [9.17, 15) is 30.6 Å². The van der Waals surface area contributed by atoms with Gasteiger partial charge in [0.1, 0.15) is 42.2 Å². The van der Waals surface area contributed by atoms with Crippen LogP contribution in [0.5, 0.6) is 0 Å². The normalized spacial score (nSPS) is 54.2. The standard InChI is InChI=1S/C22H43N5O11/c1-27-12-18(33)22(6-34-20(12)37-21-16(32)14(30)11(26)10(5-28)35-21)3-2-7(23)19(38-22)36-17-9(25)4-8(24)13(29)15(17)31/h7-21,27-33H,2-6,23-26H2,1H3/t7?,8-,9?,10?,11-,12?,13?,14?,15?,16?,17-,18?,19+,20?,21-,22?/m1/s1. The van der Waals surface area contributed by atoms with Crippen LogP contribution in [0.15, 0.2) is 0 Å². The first-order valence-electron chi connectivity index (χ1n) is 12.9.